The number of likely N-dealkylation sites (tertiary alicyclic amines) is 1. The zero-order chi connectivity index (χ0) is 21.8. The first-order chi connectivity index (χ1) is 15.0. The molecule has 1 saturated heterocycles. The van der Waals surface area contributed by atoms with Crippen molar-refractivity contribution in [2.24, 2.45) is 0 Å². The van der Waals surface area contributed by atoms with Crippen molar-refractivity contribution in [2.75, 3.05) is 13.1 Å². The van der Waals surface area contributed by atoms with Gasteiger partial charge >= 0.3 is 5.97 Å². The summed E-state index contributed by atoms with van der Waals surface area (Å²) < 4.78 is 5.87. The van der Waals surface area contributed by atoms with Gasteiger partial charge in [0, 0.05) is 18.7 Å². The van der Waals surface area contributed by atoms with Gasteiger partial charge in [0.05, 0.1) is 6.42 Å². The molecule has 160 valence electrons. The summed E-state index contributed by atoms with van der Waals surface area (Å²) >= 11 is 0. The third-order valence-electron chi connectivity index (χ3n) is 5.92. The fourth-order valence-corrected chi connectivity index (χ4v) is 4.16. The number of fused-ring (bicyclic) bond motifs is 1. The van der Waals surface area contributed by atoms with Crippen molar-refractivity contribution >= 4 is 22.6 Å². The molecule has 6 heteroatoms. The molecular weight excluding hydrogens is 394 g/mol. The Hall–Kier alpha value is -3.38. The molecule has 1 unspecified atom stereocenters. The molecular formula is C25H25NO5. The second-order valence-corrected chi connectivity index (χ2v) is 7.94. The van der Waals surface area contributed by atoms with Gasteiger partial charge in [0.15, 0.2) is 0 Å². The maximum absolute atomic E-state index is 13.2. The summed E-state index contributed by atoms with van der Waals surface area (Å²) in [5.74, 6) is -0.613. The molecule has 0 aliphatic carbocycles. The normalized spacial score (nSPS) is 16.6. The lowest BCUT2D eigenvalue weighted by molar-refractivity contribution is -0.147. The van der Waals surface area contributed by atoms with Crippen LogP contribution in [0.2, 0.25) is 0 Å². The molecule has 1 heterocycles. The molecule has 1 aliphatic heterocycles. The number of aliphatic hydroxyl groups is 1. The number of para-hydroxylation sites is 1. The van der Waals surface area contributed by atoms with Gasteiger partial charge in [-0.25, -0.2) is 0 Å². The van der Waals surface area contributed by atoms with E-state index in [1.165, 1.54) is 0 Å². The highest BCUT2D eigenvalue weighted by atomic mass is 16.5. The Morgan fingerprint density at radius 3 is 2.29 bits per heavy atom. The lowest BCUT2D eigenvalue weighted by Crippen LogP contribution is -2.55. The summed E-state index contributed by atoms with van der Waals surface area (Å²) in [6.07, 6.45) is -0.729. The molecule has 0 saturated carbocycles. The van der Waals surface area contributed by atoms with Crippen LogP contribution >= 0.6 is 0 Å². The van der Waals surface area contributed by atoms with Gasteiger partial charge in [0.2, 0.25) is 0 Å². The molecule has 1 atom stereocenters. The SMILES string of the molecule is O=C(O)CC(Oc1ccccc1)C1(O)CCN(C(=O)c2cccc3ccccc23)CC1. The number of carbonyl (C=O) groups is 2. The van der Waals surface area contributed by atoms with E-state index < -0.39 is 17.7 Å². The van der Waals surface area contributed by atoms with E-state index in [4.69, 9.17) is 4.74 Å². The number of benzene rings is 3. The fraction of sp³-hybridized carbons (Fsp3) is 0.280. The number of piperidine rings is 1. The Morgan fingerprint density at radius 2 is 1.58 bits per heavy atom. The first kappa shape index (κ1) is 20.9. The second-order valence-electron chi connectivity index (χ2n) is 7.94. The van der Waals surface area contributed by atoms with Crippen LogP contribution < -0.4 is 4.74 Å². The lowest BCUT2D eigenvalue weighted by atomic mass is 9.84. The first-order valence-electron chi connectivity index (χ1n) is 10.4. The number of ether oxygens (including phenoxy) is 1. The van der Waals surface area contributed by atoms with E-state index in [-0.39, 0.29) is 25.2 Å². The maximum atomic E-state index is 13.2. The average molecular weight is 419 g/mol. The minimum absolute atomic E-state index is 0.0855. The molecule has 0 spiro atoms. The van der Waals surface area contributed by atoms with Gasteiger partial charge in [-0.2, -0.15) is 0 Å². The van der Waals surface area contributed by atoms with E-state index in [9.17, 15) is 19.8 Å². The predicted molar refractivity (Wildman–Crippen MR) is 117 cm³/mol. The second kappa shape index (κ2) is 8.78. The summed E-state index contributed by atoms with van der Waals surface area (Å²) in [6.45, 7) is 0.652. The Labute approximate surface area is 180 Å². The largest absolute Gasteiger partial charge is 0.487 e. The number of hydrogen-bond acceptors (Lipinski definition) is 4. The van der Waals surface area contributed by atoms with E-state index in [1.807, 2.05) is 48.5 Å². The monoisotopic (exact) mass is 419 g/mol. The van der Waals surface area contributed by atoms with Crippen LogP contribution in [-0.4, -0.2) is 51.8 Å². The Kier molecular flexibility index (Phi) is 5.91. The lowest BCUT2D eigenvalue weighted by Gasteiger charge is -2.42. The van der Waals surface area contributed by atoms with Crippen LogP contribution in [0.4, 0.5) is 0 Å². The average Bonchev–Trinajstić information content (AvgIpc) is 2.79. The van der Waals surface area contributed by atoms with E-state index in [0.29, 0.717) is 24.4 Å². The van der Waals surface area contributed by atoms with Crippen molar-refractivity contribution in [1.29, 1.82) is 0 Å². The van der Waals surface area contributed by atoms with Crippen molar-refractivity contribution in [3.63, 3.8) is 0 Å². The fourth-order valence-electron chi connectivity index (χ4n) is 4.16. The molecule has 2 N–H and O–H groups in total. The van der Waals surface area contributed by atoms with Crippen LogP contribution in [0.1, 0.15) is 29.6 Å². The minimum Gasteiger partial charge on any atom is -0.487 e. The van der Waals surface area contributed by atoms with Crippen LogP contribution in [0.25, 0.3) is 10.8 Å². The molecule has 6 nitrogen and oxygen atoms in total. The third-order valence-corrected chi connectivity index (χ3v) is 5.92. The van der Waals surface area contributed by atoms with Crippen LogP contribution in [0.15, 0.2) is 72.8 Å². The smallest absolute Gasteiger partial charge is 0.307 e. The van der Waals surface area contributed by atoms with Crippen LogP contribution in [0.3, 0.4) is 0 Å². The molecule has 3 aromatic rings. The van der Waals surface area contributed by atoms with E-state index in [1.54, 1.807) is 29.2 Å². The van der Waals surface area contributed by atoms with Gasteiger partial charge in [0.25, 0.3) is 5.91 Å². The number of aliphatic carboxylic acids is 1. The third kappa shape index (κ3) is 4.54. The molecule has 1 amide bonds. The molecule has 0 bridgehead atoms. The highest BCUT2D eigenvalue weighted by molar-refractivity contribution is 6.07. The van der Waals surface area contributed by atoms with Gasteiger partial charge in [-0.1, -0.05) is 54.6 Å². The van der Waals surface area contributed by atoms with E-state index >= 15 is 0 Å². The van der Waals surface area contributed by atoms with Gasteiger partial charge in [-0.15, -0.1) is 0 Å². The number of rotatable bonds is 6. The van der Waals surface area contributed by atoms with Gasteiger partial charge < -0.3 is 19.8 Å². The van der Waals surface area contributed by atoms with Gasteiger partial charge in [0.1, 0.15) is 17.5 Å². The molecule has 3 aromatic carbocycles. The van der Waals surface area contributed by atoms with E-state index in [2.05, 4.69) is 0 Å². The Balaban J connectivity index is 1.50. The summed E-state index contributed by atoms with van der Waals surface area (Å²) in [5.41, 5.74) is -0.699. The topological polar surface area (TPSA) is 87.1 Å². The Morgan fingerprint density at radius 1 is 0.935 bits per heavy atom. The van der Waals surface area contributed by atoms with E-state index in [0.717, 1.165) is 10.8 Å². The molecule has 0 radical (unpaired) electrons. The van der Waals surface area contributed by atoms with Crippen molar-refractivity contribution < 1.29 is 24.5 Å². The first-order valence-corrected chi connectivity index (χ1v) is 10.4. The summed E-state index contributed by atoms with van der Waals surface area (Å²) in [5, 5.41) is 22.5. The van der Waals surface area contributed by atoms with Gasteiger partial charge in [-0.05, 0) is 41.8 Å². The number of hydrogen-bond donors (Lipinski definition) is 2. The minimum atomic E-state index is -1.33. The van der Waals surface area contributed by atoms with Crippen molar-refractivity contribution in [3.05, 3.63) is 78.4 Å². The zero-order valence-electron chi connectivity index (χ0n) is 17.1. The van der Waals surface area contributed by atoms with Crippen molar-refractivity contribution in [3.8, 4) is 5.75 Å². The van der Waals surface area contributed by atoms with Crippen LogP contribution in [-0.2, 0) is 4.79 Å². The Bertz CT molecular complexity index is 1070. The number of carboxylic acid groups (broad SMARTS) is 1. The number of amides is 1. The molecule has 4 rings (SSSR count). The molecule has 1 fully saturated rings. The number of carbonyl (C=O) groups excluding carboxylic acids is 1. The number of nitrogens with zero attached hydrogens (tertiary/aromatic N) is 1. The predicted octanol–water partition coefficient (Wildman–Crippen LogP) is 3.73. The standard InChI is InChI=1S/C25H25NO5/c27-23(28)17-22(31-19-9-2-1-3-10-19)25(30)13-15-26(16-14-25)24(29)21-12-6-8-18-7-4-5-11-20(18)21/h1-12,22,30H,13-17H2,(H,27,28). The highest BCUT2D eigenvalue weighted by Gasteiger charge is 2.43. The quantitative estimate of drug-likeness (QED) is 0.636. The van der Waals surface area contributed by atoms with Gasteiger partial charge in [-0.3, -0.25) is 9.59 Å². The zero-order valence-corrected chi connectivity index (χ0v) is 17.1. The van der Waals surface area contributed by atoms with Crippen LogP contribution in [0, 0.1) is 0 Å². The molecule has 31 heavy (non-hydrogen) atoms. The summed E-state index contributed by atoms with van der Waals surface area (Å²) in [6, 6.07) is 22.3. The highest BCUT2D eigenvalue weighted by Crippen LogP contribution is 2.32. The summed E-state index contributed by atoms with van der Waals surface area (Å²) in [4.78, 5) is 26.3. The van der Waals surface area contributed by atoms with Crippen LogP contribution in [0.5, 0.6) is 5.75 Å². The van der Waals surface area contributed by atoms with Crippen molar-refractivity contribution in [1.82, 2.24) is 4.90 Å². The molecule has 0 aromatic heterocycles. The molecule has 1 aliphatic rings. The summed E-state index contributed by atoms with van der Waals surface area (Å²) in [7, 11) is 0. The number of carboxylic acids is 1. The maximum Gasteiger partial charge on any atom is 0.307 e. The van der Waals surface area contributed by atoms with Crippen molar-refractivity contribution in [2.45, 2.75) is 31.0 Å².